The Labute approximate surface area is 122 Å². The second kappa shape index (κ2) is 6.89. The Balaban J connectivity index is 2.23. The molecule has 0 bridgehead atoms. The van der Waals surface area contributed by atoms with Crippen LogP contribution in [0, 0.1) is 5.92 Å². The van der Waals surface area contributed by atoms with Crippen molar-refractivity contribution >= 4 is 5.91 Å². The van der Waals surface area contributed by atoms with Crippen molar-refractivity contribution in [3.8, 4) is 0 Å². The molecule has 0 fully saturated rings. The number of nitrogens with one attached hydrogen (secondary N) is 2. The fraction of sp³-hybridized carbons (Fsp3) is 0.588. The van der Waals surface area contributed by atoms with Crippen LogP contribution in [-0.4, -0.2) is 19.0 Å². The molecule has 20 heavy (non-hydrogen) atoms. The summed E-state index contributed by atoms with van der Waals surface area (Å²) in [5, 5.41) is 6.54. The van der Waals surface area contributed by atoms with Gasteiger partial charge in [-0.3, -0.25) is 4.79 Å². The summed E-state index contributed by atoms with van der Waals surface area (Å²) in [5.74, 6) is 0.709. The van der Waals surface area contributed by atoms with Crippen LogP contribution in [0.4, 0.5) is 0 Å². The average molecular weight is 274 g/mol. The van der Waals surface area contributed by atoms with Crippen molar-refractivity contribution in [2.45, 2.75) is 46.1 Å². The van der Waals surface area contributed by atoms with E-state index in [4.69, 9.17) is 0 Å². The summed E-state index contributed by atoms with van der Waals surface area (Å²) < 4.78 is 0. The van der Waals surface area contributed by atoms with Gasteiger partial charge in [0, 0.05) is 18.2 Å². The lowest BCUT2D eigenvalue weighted by Crippen LogP contribution is -2.32. The lowest BCUT2D eigenvalue weighted by molar-refractivity contribution is 0.0946. The monoisotopic (exact) mass is 274 g/mol. The van der Waals surface area contributed by atoms with Gasteiger partial charge in [0.15, 0.2) is 0 Å². The van der Waals surface area contributed by atoms with Crippen LogP contribution in [0.2, 0.25) is 0 Å². The predicted molar refractivity (Wildman–Crippen MR) is 83.0 cm³/mol. The van der Waals surface area contributed by atoms with Gasteiger partial charge in [-0.25, -0.2) is 0 Å². The molecular weight excluding hydrogens is 248 g/mol. The van der Waals surface area contributed by atoms with E-state index >= 15 is 0 Å². The zero-order valence-corrected chi connectivity index (χ0v) is 12.8. The van der Waals surface area contributed by atoms with Crippen LogP contribution in [0.25, 0.3) is 0 Å². The Kier molecular flexibility index (Phi) is 5.18. The van der Waals surface area contributed by atoms with Crippen molar-refractivity contribution in [2.24, 2.45) is 5.92 Å². The number of hydrogen-bond acceptors (Lipinski definition) is 2. The number of hydrogen-bond donors (Lipinski definition) is 2. The van der Waals surface area contributed by atoms with E-state index in [-0.39, 0.29) is 5.91 Å². The summed E-state index contributed by atoms with van der Waals surface area (Å²) in [5.41, 5.74) is 3.28. The van der Waals surface area contributed by atoms with Gasteiger partial charge in [0.25, 0.3) is 5.91 Å². The molecule has 110 valence electrons. The van der Waals surface area contributed by atoms with Crippen molar-refractivity contribution in [1.82, 2.24) is 10.6 Å². The van der Waals surface area contributed by atoms with Crippen LogP contribution in [0.15, 0.2) is 18.2 Å². The molecule has 2 rings (SSSR count). The zero-order valence-electron chi connectivity index (χ0n) is 12.8. The largest absolute Gasteiger partial charge is 0.352 e. The molecule has 0 spiro atoms. The number of carbonyl (C=O) groups excluding carboxylic acids is 1. The van der Waals surface area contributed by atoms with Gasteiger partial charge in [-0.2, -0.15) is 0 Å². The molecule has 0 saturated carbocycles. The third-order valence-electron chi connectivity index (χ3n) is 3.81. The summed E-state index contributed by atoms with van der Waals surface area (Å²) in [4.78, 5) is 12.0. The molecule has 0 aliphatic carbocycles. The van der Waals surface area contributed by atoms with Crippen molar-refractivity contribution in [2.75, 3.05) is 13.1 Å². The first-order valence-electron chi connectivity index (χ1n) is 7.76. The van der Waals surface area contributed by atoms with Gasteiger partial charge < -0.3 is 10.6 Å². The van der Waals surface area contributed by atoms with Crippen LogP contribution in [0.5, 0.6) is 0 Å². The summed E-state index contributed by atoms with van der Waals surface area (Å²) in [6.45, 7) is 8.44. The molecule has 0 saturated heterocycles. The number of carbonyl (C=O) groups is 1. The van der Waals surface area contributed by atoms with Crippen LogP contribution in [0.1, 0.15) is 61.1 Å². The molecule has 3 nitrogen and oxygen atoms in total. The van der Waals surface area contributed by atoms with Crippen LogP contribution >= 0.6 is 0 Å². The minimum absolute atomic E-state index is 0.0758. The molecule has 1 aliphatic rings. The van der Waals surface area contributed by atoms with E-state index in [1.165, 1.54) is 11.1 Å². The van der Waals surface area contributed by atoms with Crippen LogP contribution in [0.3, 0.4) is 0 Å². The van der Waals surface area contributed by atoms with Gasteiger partial charge in [-0.05, 0) is 48.9 Å². The Morgan fingerprint density at radius 3 is 2.85 bits per heavy atom. The van der Waals surface area contributed by atoms with E-state index in [1.807, 2.05) is 0 Å². The second-order valence-corrected chi connectivity index (χ2v) is 6.06. The predicted octanol–water partition coefficient (Wildman–Crippen LogP) is 3.06. The third kappa shape index (κ3) is 3.60. The van der Waals surface area contributed by atoms with Crippen molar-refractivity contribution in [3.63, 3.8) is 0 Å². The third-order valence-corrected chi connectivity index (χ3v) is 3.81. The van der Waals surface area contributed by atoms with Crippen LogP contribution in [-0.2, 0) is 6.42 Å². The molecule has 0 radical (unpaired) electrons. The van der Waals surface area contributed by atoms with E-state index in [0.29, 0.717) is 12.0 Å². The summed E-state index contributed by atoms with van der Waals surface area (Å²) in [7, 11) is 0. The average Bonchev–Trinajstić information content (AvgIpc) is 2.43. The number of benzene rings is 1. The summed E-state index contributed by atoms with van der Waals surface area (Å²) in [6, 6.07) is 6.74. The van der Waals surface area contributed by atoms with E-state index in [2.05, 4.69) is 49.6 Å². The molecule has 1 heterocycles. The summed E-state index contributed by atoms with van der Waals surface area (Å²) in [6.07, 6.45) is 3.17. The van der Waals surface area contributed by atoms with E-state index in [1.54, 1.807) is 0 Å². The van der Waals surface area contributed by atoms with Crippen molar-refractivity contribution in [1.29, 1.82) is 0 Å². The molecule has 2 N–H and O–H groups in total. The van der Waals surface area contributed by atoms with Crippen molar-refractivity contribution in [3.05, 3.63) is 34.9 Å². The normalized spacial score (nSPS) is 15.9. The van der Waals surface area contributed by atoms with Gasteiger partial charge >= 0.3 is 0 Å². The fourth-order valence-corrected chi connectivity index (χ4v) is 2.77. The minimum Gasteiger partial charge on any atom is -0.352 e. The lowest BCUT2D eigenvalue weighted by Gasteiger charge is -2.23. The molecule has 1 amide bonds. The van der Waals surface area contributed by atoms with Gasteiger partial charge in [-0.15, -0.1) is 0 Å². The highest BCUT2D eigenvalue weighted by molar-refractivity contribution is 5.96. The van der Waals surface area contributed by atoms with Gasteiger partial charge in [0.1, 0.15) is 0 Å². The highest BCUT2D eigenvalue weighted by atomic mass is 16.1. The molecule has 1 aromatic rings. The van der Waals surface area contributed by atoms with Gasteiger partial charge in [0.2, 0.25) is 0 Å². The SMILES string of the molecule is CCCNC(CC(C)C)c1ccc2c(c1)C(=O)NCC2. The number of amides is 1. The highest BCUT2D eigenvalue weighted by Crippen LogP contribution is 2.25. The number of rotatable bonds is 6. The minimum atomic E-state index is 0.0758. The Morgan fingerprint density at radius 1 is 1.35 bits per heavy atom. The standard InChI is InChI=1S/C17H26N2O/c1-4-8-18-16(10-12(2)3)14-6-5-13-7-9-19-17(20)15(13)11-14/h5-6,11-12,16,18H,4,7-10H2,1-3H3,(H,19,20). The summed E-state index contributed by atoms with van der Waals surface area (Å²) >= 11 is 0. The number of fused-ring (bicyclic) bond motifs is 1. The fourth-order valence-electron chi connectivity index (χ4n) is 2.77. The van der Waals surface area contributed by atoms with Crippen molar-refractivity contribution < 1.29 is 4.79 Å². The van der Waals surface area contributed by atoms with E-state index in [9.17, 15) is 4.79 Å². The Hall–Kier alpha value is -1.35. The molecule has 3 heteroatoms. The maximum atomic E-state index is 12.0. The maximum absolute atomic E-state index is 12.0. The topological polar surface area (TPSA) is 41.1 Å². The molecular formula is C17H26N2O. The second-order valence-electron chi connectivity index (χ2n) is 6.06. The van der Waals surface area contributed by atoms with E-state index in [0.717, 1.165) is 37.9 Å². The van der Waals surface area contributed by atoms with E-state index < -0.39 is 0 Å². The smallest absolute Gasteiger partial charge is 0.251 e. The Bertz CT molecular complexity index is 468. The first-order valence-corrected chi connectivity index (χ1v) is 7.76. The lowest BCUT2D eigenvalue weighted by atomic mass is 9.91. The molecule has 1 unspecified atom stereocenters. The maximum Gasteiger partial charge on any atom is 0.251 e. The zero-order chi connectivity index (χ0) is 14.5. The highest BCUT2D eigenvalue weighted by Gasteiger charge is 2.19. The molecule has 0 aromatic heterocycles. The molecule has 1 aliphatic heterocycles. The quantitative estimate of drug-likeness (QED) is 0.837. The first-order chi connectivity index (χ1) is 9.61. The van der Waals surface area contributed by atoms with Crippen LogP contribution < -0.4 is 10.6 Å². The van der Waals surface area contributed by atoms with Gasteiger partial charge in [0.05, 0.1) is 0 Å². The first kappa shape index (κ1) is 15.0. The molecule has 1 atom stereocenters. The van der Waals surface area contributed by atoms with Gasteiger partial charge in [-0.1, -0.05) is 32.9 Å². The molecule has 1 aromatic carbocycles. The Morgan fingerprint density at radius 2 is 2.15 bits per heavy atom.